The minimum Gasteiger partial charge on any atom is -0.455 e. The summed E-state index contributed by atoms with van der Waals surface area (Å²) in [5.74, 6) is -2.59. The second kappa shape index (κ2) is 7.66. The molecule has 0 amide bonds. The van der Waals surface area contributed by atoms with E-state index in [0.29, 0.717) is 11.3 Å². The molecule has 0 radical (unpaired) electrons. The van der Waals surface area contributed by atoms with Crippen LogP contribution in [-0.4, -0.2) is 30.1 Å². The predicted molar refractivity (Wildman–Crippen MR) is 107 cm³/mol. The van der Waals surface area contributed by atoms with E-state index in [1.165, 1.54) is 0 Å². The summed E-state index contributed by atoms with van der Waals surface area (Å²) in [4.78, 5) is 33.0. The van der Waals surface area contributed by atoms with Crippen molar-refractivity contribution in [2.24, 2.45) is 5.92 Å². The number of carbonyl (C=O) groups excluding carboxylic acids is 2. The lowest BCUT2D eigenvalue weighted by molar-refractivity contribution is -0.327. The largest absolute Gasteiger partial charge is 0.455 e. The summed E-state index contributed by atoms with van der Waals surface area (Å²) in [7, 11) is 1.90. The lowest BCUT2D eigenvalue weighted by Crippen LogP contribution is -2.59. The highest BCUT2D eigenvalue weighted by molar-refractivity contribution is 6.37. The molecule has 6 nitrogen and oxygen atoms in total. The maximum Gasteiger partial charge on any atom is 0.378 e. The summed E-state index contributed by atoms with van der Waals surface area (Å²) >= 11 is 0. The van der Waals surface area contributed by atoms with E-state index >= 15 is 0 Å². The zero-order valence-electron chi connectivity index (χ0n) is 15.9. The van der Waals surface area contributed by atoms with Crippen molar-refractivity contribution < 1.29 is 24.5 Å². The van der Waals surface area contributed by atoms with Crippen LogP contribution in [0.25, 0.3) is 0 Å². The summed E-state index contributed by atoms with van der Waals surface area (Å²) in [5, 5.41) is 10.0. The first-order valence-corrected chi connectivity index (χ1v) is 9.35. The van der Waals surface area contributed by atoms with Crippen LogP contribution in [0.3, 0.4) is 0 Å². The molecule has 1 aliphatic carbocycles. The van der Waals surface area contributed by atoms with Gasteiger partial charge in [0.05, 0.1) is 6.04 Å². The van der Waals surface area contributed by atoms with Crippen LogP contribution in [0, 0.1) is 5.92 Å². The summed E-state index contributed by atoms with van der Waals surface area (Å²) in [6.45, 7) is -0.0433. The molecule has 4 rings (SSSR count). The second-order valence-corrected chi connectivity index (χ2v) is 7.13. The number of ketones is 1. The topological polar surface area (TPSA) is 76.1 Å². The molecule has 0 spiro atoms. The van der Waals surface area contributed by atoms with E-state index in [4.69, 9.17) is 9.62 Å². The number of rotatable bonds is 5. The van der Waals surface area contributed by atoms with Crippen molar-refractivity contribution in [1.82, 2.24) is 0 Å². The molecule has 3 unspecified atom stereocenters. The average molecular weight is 391 g/mol. The molecule has 0 saturated carbocycles. The number of benzene rings is 2. The molecule has 1 heterocycles. The maximum atomic E-state index is 13.4. The third-order valence-corrected chi connectivity index (χ3v) is 5.59. The molecule has 2 aromatic carbocycles. The SMILES string of the molecule is CN1c2ccccc2C(OO)(C(=O)C(=O)OCc2ccccc2)C2C=CC=CC21. The summed E-state index contributed by atoms with van der Waals surface area (Å²) < 4.78 is 5.26. The molecule has 1 aliphatic heterocycles. The highest BCUT2D eigenvalue weighted by Gasteiger charge is 2.58. The zero-order valence-corrected chi connectivity index (χ0v) is 15.9. The first kappa shape index (κ1) is 19.1. The number of anilines is 1. The van der Waals surface area contributed by atoms with Gasteiger partial charge in [0.1, 0.15) is 6.61 Å². The average Bonchev–Trinajstić information content (AvgIpc) is 2.79. The number of allylic oxidation sites excluding steroid dienone is 2. The highest BCUT2D eigenvalue weighted by atomic mass is 17.1. The number of nitrogens with zero attached hydrogens (tertiary/aromatic N) is 1. The number of hydrogen-bond acceptors (Lipinski definition) is 6. The predicted octanol–water partition coefficient (Wildman–Crippen LogP) is 3.24. The lowest BCUT2D eigenvalue weighted by atomic mass is 9.69. The van der Waals surface area contributed by atoms with Crippen LogP contribution >= 0.6 is 0 Å². The molecule has 1 N–H and O–H groups in total. The normalized spacial score (nSPS) is 24.6. The fourth-order valence-corrected chi connectivity index (χ4v) is 4.14. The Morgan fingerprint density at radius 1 is 1.03 bits per heavy atom. The third-order valence-electron chi connectivity index (χ3n) is 5.59. The van der Waals surface area contributed by atoms with Crippen LogP contribution in [-0.2, 0) is 31.4 Å². The standard InChI is InChI=1S/C23H21NO5/c1-24-19-13-7-5-11-17(19)23(29-27,18-12-6-8-14-20(18)24)21(25)22(26)28-15-16-9-3-2-4-10-16/h2-14,17,19,27H,15H2,1H3. The second-order valence-electron chi connectivity index (χ2n) is 7.13. The lowest BCUT2D eigenvalue weighted by Gasteiger charge is -2.48. The van der Waals surface area contributed by atoms with Crippen molar-refractivity contribution in [2.75, 3.05) is 11.9 Å². The van der Waals surface area contributed by atoms with E-state index in [0.717, 1.165) is 5.56 Å². The monoisotopic (exact) mass is 391 g/mol. The third kappa shape index (κ3) is 3.06. The minimum atomic E-state index is -1.89. The van der Waals surface area contributed by atoms with Crippen LogP contribution in [0.4, 0.5) is 5.69 Å². The number of likely N-dealkylation sites (N-methyl/N-ethyl adjacent to an activating group) is 1. The number of ether oxygens (including phenoxy) is 1. The Morgan fingerprint density at radius 2 is 1.72 bits per heavy atom. The first-order valence-electron chi connectivity index (χ1n) is 9.35. The van der Waals surface area contributed by atoms with Crippen molar-refractivity contribution >= 4 is 17.4 Å². The molecular formula is C23H21NO5. The Bertz CT molecular complexity index is 984. The van der Waals surface area contributed by atoms with Gasteiger partial charge in [-0.25, -0.2) is 9.68 Å². The molecule has 2 aromatic rings. The number of Topliss-reactive ketones (excluding diaryl/α,β-unsaturated/α-hetero) is 1. The quantitative estimate of drug-likeness (QED) is 0.365. The number of carbonyl (C=O) groups is 2. The highest BCUT2D eigenvalue weighted by Crippen LogP contribution is 2.49. The van der Waals surface area contributed by atoms with Crippen molar-refractivity contribution in [2.45, 2.75) is 18.2 Å². The van der Waals surface area contributed by atoms with Gasteiger partial charge in [0.15, 0.2) is 0 Å². The van der Waals surface area contributed by atoms with Gasteiger partial charge in [-0.05, 0) is 11.6 Å². The van der Waals surface area contributed by atoms with Gasteiger partial charge in [-0.1, -0.05) is 72.8 Å². The maximum absolute atomic E-state index is 13.4. The number of para-hydroxylation sites is 1. The van der Waals surface area contributed by atoms with Gasteiger partial charge in [-0.2, -0.15) is 0 Å². The molecule has 3 atom stereocenters. The molecule has 0 fully saturated rings. The molecule has 29 heavy (non-hydrogen) atoms. The van der Waals surface area contributed by atoms with Crippen molar-refractivity contribution in [3.05, 3.63) is 90.0 Å². The van der Waals surface area contributed by atoms with E-state index in [-0.39, 0.29) is 12.6 Å². The Hall–Kier alpha value is -3.22. The van der Waals surface area contributed by atoms with E-state index < -0.39 is 23.3 Å². The van der Waals surface area contributed by atoms with Crippen LogP contribution in [0.5, 0.6) is 0 Å². The van der Waals surface area contributed by atoms with Gasteiger partial charge in [0.2, 0.25) is 5.60 Å². The molecule has 148 valence electrons. The van der Waals surface area contributed by atoms with E-state index in [1.54, 1.807) is 36.4 Å². The number of fused-ring (bicyclic) bond motifs is 2. The van der Waals surface area contributed by atoms with E-state index in [9.17, 15) is 14.8 Å². The van der Waals surface area contributed by atoms with Crippen molar-refractivity contribution in [3.63, 3.8) is 0 Å². The van der Waals surface area contributed by atoms with Gasteiger partial charge in [0.25, 0.3) is 5.78 Å². The van der Waals surface area contributed by atoms with Gasteiger partial charge < -0.3 is 9.64 Å². The minimum absolute atomic E-state index is 0.0433. The Labute approximate surface area is 168 Å². The van der Waals surface area contributed by atoms with Crippen molar-refractivity contribution in [1.29, 1.82) is 0 Å². The number of hydrogen-bond donors (Lipinski definition) is 1. The fourth-order valence-electron chi connectivity index (χ4n) is 4.14. The number of esters is 1. The van der Waals surface area contributed by atoms with Crippen LogP contribution in [0.1, 0.15) is 11.1 Å². The summed E-state index contributed by atoms with van der Waals surface area (Å²) in [6, 6.07) is 15.9. The molecule has 0 aromatic heterocycles. The smallest absolute Gasteiger partial charge is 0.378 e. The Kier molecular flexibility index (Phi) is 5.05. The fraction of sp³-hybridized carbons (Fsp3) is 0.217. The van der Waals surface area contributed by atoms with Crippen LogP contribution in [0.2, 0.25) is 0 Å². The van der Waals surface area contributed by atoms with Gasteiger partial charge >= 0.3 is 5.97 Å². The van der Waals surface area contributed by atoms with E-state index in [1.807, 2.05) is 54.4 Å². The molecule has 0 saturated heterocycles. The van der Waals surface area contributed by atoms with Gasteiger partial charge in [0, 0.05) is 24.2 Å². The Balaban J connectivity index is 1.72. The molecule has 0 bridgehead atoms. The summed E-state index contributed by atoms with van der Waals surface area (Å²) in [6.07, 6.45) is 7.33. The van der Waals surface area contributed by atoms with Gasteiger partial charge in [-0.15, -0.1) is 0 Å². The zero-order chi connectivity index (χ0) is 20.4. The molecule has 2 aliphatic rings. The Morgan fingerprint density at radius 3 is 2.48 bits per heavy atom. The molecule has 6 heteroatoms. The van der Waals surface area contributed by atoms with Crippen molar-refractivity contribution in [3.8, 4) is 0 Å². The van der Waals surface area contributed by atoms with E-state index in [2.05, 4.69) is 0 Å². The van der Waals surface area contributed by atoms with Crippen LogP contribution < -0.4 is 4.90 Å². The van der Waals surface area contributed by atoms with Crippen LogP contribution in [0.15, 0.2) is 78.9 Å². The first-order chi connectivity index (χ1) is 14.1. The summed E-state index contributed by atoms with van der Waals surface area (Å²) in [5.41, 5.74) is -0.00223. The molecular weight excluding hydrogens is 370 g/mol. The van der Waals surface area contributed by atoms with Gasteiger partial charge in [-0.3, -0.25) is 10.1 Å².